The number of pyridine rings is 1. The quantitative estimate of drug-likeness (QED) is 0.150. The summed E-state index contributed by atoms with van der Waals surface area (Å²) in [6.45, 7) is 9.40. The van der Waals surface area contributed by atoms with Crippen LogP contribution in [0.5, 0.6) is 0 Å². The molecule has 0 N–H and O–H groups in total. The van der Waals surface area contributed by atoms with E-state index in [-0.39, 0.29) is 5.54 Å². The predicted octanol–water partition coefficient (Wildman–Crippen LogP) is 14.7. The fourth-order valence-electron chi connectivity index (χ4n) is 11.0. The van der Waals surface area contributed by atoms with Crippen molar-refractivity contribution in [1.29, 1.82) is 0 Å². The van der Waals surface area contributed by atoms with Crippen LogP contribution in [-0.2, 0) is 5.54 Å². The Hall–Kier alpha value is -8.48. The molecule has 6 heteroatoms. The van der Waals surface area contributed by atoms with E-state index in [1.54, 1.807) is 0 Å². The molecule has 0 atom stereocenters. The number of nitrogens with zero attached hydrogens (tertiary/aromatic N) is 6. The molecular formula is C61H45N6+. The van der Waals surface area contributed by atoms with Gasteiger partial charge in [0.05, 0.1) is 27.6 Å². The molecule has 0 spiro atoms. The van der Waals surface area contributed by atoms with Crippen molar-refractivity contribution < 1.29 is 4.57 Å². The highest BCUT2D eigenvalue weighted by Crippen LogP contribution is 2.47. The Morgan fingerprint density at radius 1 is 0.463 bits per heavy atom. The minimum Gasteiger partial charge on any atom is -0.307 e. The molecule has 67 heavy (non-hydrogen) atoms. The molecule has 4 aromatic heterocycles. The maximum Gasteiger partial charge on any atom is 0.238 e. The molecular weight excluding hydrogens is 817 g/mol. The zero-order valence-corrected chi connectivity index (χ0v) is 37.4. The summed E-state index contributed by atoms with van der Waals surface area (Å²) in [6.07, 6.45) is 4.26. The number of allylic oxidation sites excluding steroid dienone is 1. The molecule has 12 aromatic rings. The third-order valence-corrected chi connectivity index (χ3v) is 14.4. The maximum absolute atomic E-state index is 5.36. The third kappa shape index (κ3) is 5.82. The van der Waals surface area contributed by atoms with Crippen molar-refractivity contribution in [2.45, 2.75) is 32.2 Å². The fourth-order valence-corrected chi connectivity index (χ4v) is 11.0. The van der Waals surface area contributed by atoms with Crippen LogP contribution >= 0.6 is 0 Å². The van der Waals surface area contributed by atoms with Gasteiger partial charge >= 0.3 is 0 Å². The number of para-hydroxylation sites is 2. The summed E-state index contributed by atoms with van der Waals surface area (Å²) in [4.78, 5) is 15.8. The highest BCUT2D eigenvalue weighted by atomic mass is 15.2. The SMILES string of the molecule is C=C1c2ccc(-c3ccc4c(c3)c3ccc5c6ccccc6n(-c6ccccc6)c5c3n4-c3nc(-c4ccccc4)nc(-c4ccccc4)n3)cc2-c2cc3ccccc3c[n+]2C1(CC)CC. The maximum atomic E-state index is 5.36. The van der Waals surface area contributed by atoms with Gasteiger partial charge in [0, 0.05) is 68.2 Å². The van der Waals surface area contributed by atoms with Gasteiger partial charge in [-0.2, -0.15) is 14.5 Å². The number of rotatable bonds is 7. The standard InChI is InChI=1S/C61H45N6/c1-4-61(5-2)39(3)47-31-29-43(35-51(47)55-37-42-23-15-16-24-45(42)38-65(55)61)44-30-34-54-52(36-44)50-33-32-49-48-27-17-18-28-53(48)66(46-25-13-8-14-26-46)56(49)57(50)67(54)60-63-58(40-19-9-6-10-20-40)62-59(64-60)41-21-11-7-12-22-41/h6-38H,3-5H2,1-2H3/q+1. The van der Waals surface area contributed by atoms with E-state index >= 15 is 0 Å². The van der Waals surface area contributed by atoms with Crippen molar-refractivity contribution in [2.75, 3.05) is 0 Å². The zero-order chi connectivity index (χ0) is 44.8. The zero-order valence-electron chi connectivity index (χ0n) is 37.4. The summed E-state index contributed by atoms with van der Waals surface area (Å²) in [6, 6.07) is 69.3. The predicted molar refractivity (Wildman–Crippen MR) is 276 cm³/mol. The first-order valence-electron chi connectivity index (χ1n) is 23.3. The topological polar surface area (TPSA) is 52.4 Å². The van der Waals surface area contributed by atoms with Gasteiger partial charge in [0.2, 0.25) is 11.6 Å². The molecule has 0 unspecified atom stereocenters. The first-order valence-corrected chi connectivity index (χ1v) is 23.3. The number of aromatic nitrogens is 6. The van der Waals surface area contributed by atoms with Crippen molar-refractivity contribution in [3.8, 4) is 56.8 Å². The molecule has 13 rings (SSSR count). The van der Waals surface area contributed by atoms with Gasteiger partial charge in [0.15, 0.2) is 23.4 Å². The van der Waals surface area contributed by atoms with Gasteiger partial charge in [-0.3, -0.25) is 4.57 Å². The largest absolute Gasteiger partial charge is 0.307 e. The van der Waals surface area contributed by atoms with Crippen LogP contribution in [-0.4, -0.2) is 24.1 Å². The van der Waals surface area contributed by atoms with Crippen molar-refractivity contribution >= 4 is 60.0 Å². The highest BCUT2D eigenvalue weighted by Gasteiger charge is 2.47. The lowest BCUT2D eigenvalue weighted by atomic mass is 9.75. The second-order valence-electron chi connectivity index (χ2n) is 17.8. The summed E-state index contributed by atoms with van der Waals surface area (Å²) in [5.41, 5.74) is 14.1. The van der Waals surface area contributed by atoms with E-state index in [4.69, 9.17) is 21.5 Å². The average Bonchev–Trinajstić information content (AvgIpc) is 3.92. The lowest BCUT2D eigenvalue weighted by Crippen LogP contribution is -2.59. The van der Waals surface area contributed by atoms with Crippen LogP contribution in [0.1, 0.15) is 32.3 Å². The van der Waals surface area contributed by atoms with Crippen molar-refractivity contribution in [3.05, 3.63) is 212 Å². The van der Waals surface area contributed by atoms with Crippen molar-refractivity contribution in [2.24, 2.45) is 0 Å². The van der Waals surface area contributed by atoms with Gasteiger partial charge in [-0.25, -0.2) is 4.98 Å². The Balaban J connectivity index is 1.11. The second-order valence-corrected chi connectivity index (χ2v) is 17.8. The monoisotopic (exact) mass is 861 g/mol. The van der Waals surface area contributed by atoms with Gasteiger partial charge < -0.3 is 4.57 Å². The first-order chi connectivity index (χ1) is 33.0. The van der Waals surface area contributed by atoms with E-state index in [1.165, 1.54) is 38.6 Å². The second kappa shape index (κ2) is 15.0. The summed E-state index contributed by atoms with van der Waals surface area (Å²) in [5.74, 6) is 1.79. The average molecular weight is 862 g/mol. The van der Waals surface area contributed by atoms with Crippen molar-refractivity contribution in [3.63, 3.8) is 0 Å². The lowest BCUT2D eigenvalue weighted by Gasteiger charge is -2.35. The van der Waals surface area contributed by atoms with E-state index in [0.717, 1.165) is 79.0 Å². The normalized spacial score (nSPS) is 13.2. The third-order valence-electron chi connectivity index (χ3n) is 14.4. The number of fused-ring (bicyclic) bond motifs is 11. The summed E-state index contributed by atoms with van der Waals surface area (Å²) >= 11 is 0. The molecule has 6 nitrogen and oxygen atoms in total. The van der Waals surface area contributed by atoms with Gasteiger partial charge in [-0.1, -0.05) is 166 Å². The van der Waals surface area contributed by atoms with E-state index in [0.29, 0.717) is 17.6 Å². The minimum absolute atomic E-state index is 0.210. The fraction of sp³-hybridized carbons (Fsp3) is 0.0820. The lowest BCUT2D eigenvalue weighted by molar-refractivity contribution is -0.740. The Morgan fingerprint density at radius 3 is 1.73 bits per heavy atom. The first kappa shape index (κ1) is 38.9. The van der Waals surface area contributed by atoms with E-state index in [2.05, 4.69) is 191 Å². The van der Waals surface area contributed by atoms with Crippen LogP contribution in [0.3, 0.4) is 0 Å². The smallest absolute Gasteiger partial charge is 0.238 e. The van der Waals surface area contributed by atoms with Crippen molar-refractivity contribution in [1.82, 2.24) is 24.1 Å². The molecule has 1 aliphatic rings. The minimum atomic E-state index is -0.210. The van der Waals surface area contributed by atoms with Crippen LogP contribution in [0.2, 0.25) is 0 Å². The van der Waals surface area contributed by atoms with Crippen LogP contribution < -0.4 is 4.57 Å². The summed E-state index contributed by atoms with van der Waals surface area (Å²) < 4.78 is 7.20. The molecule has 318 valence electrons. The molecule has 1 aliphatic heterocycles. The van der Waals surface area contributed by atoms with E-state index in [1.807, 2.05) is 36.4 Å². The Labute approximate surface area is 388 Å². The van der Waals surface area contributed by atoms with Crippen LogP contribution in [0.15, 0.2) is 207 Å². The van der Waals surface area contributed by atoms with Gasteiger partial charge in [-0.15, -0.1) is 0 Å². The molecule has 0 bridgehead atoms. The Kier molecular flexibility index (Phi) is 8.74. The van der Waals surface area contributed by atoms with Gasteiger partial charge in [-0.05, 0) is 64.5 Å². The number of hydrogen-bond donors (Lipinski definition) is 0. The van der Waals surface area contributed by atoms with E-state index in [9.17, 15) is 0 Å². The molecule has 5 heterocycles. The molecule has 0 saturated carbocycles. The number of benzene rings is 8. The van der Waals surface area contributed by atoms with Gasteiger partial charge in [0.25, 0.3) is 0 Å². The van der Waals surface area contributed by atoms with Crippen LogP contribution in [0.4, 0.5) is 0 Å². The van der Waals surface area contributed by atoms with Crippen LogP contribution in [0.25, 0.3) is 117 Å². The molecule has 0 radical (unpaired) electrons. The Bertz CT molecular complexity index is 3900. The highest BCUT2D eigenvalue weighted by molar-refractivity contribution is 6.24. The summed E-state index contributed by atoms with van der Waals surface area (Å²) in [5, 5.41) is 7.03. The Morgan fingerprint density at radius 2 is 1.03 bits per heavy atom. The number of hydrogen-bond acceptors (Lipinski definition) is 3. The van der Waals surface area contributed by atoms with Crippen LogP contribution in [0, 0.1) is 0 Å². The molecule has 0 saturated heterocycles. The van der Waals surface area contributed by atoms with E-state index < -0.39 is 0 Å². The molecule has 8 aromatic carbocycles. The molecule has 0 amide bonds. The molecule has 0 aliphatic carbocycles. The molecule has 0 fully saturated rings. The summed E-state index contributed by atoms with van der Waals surface area (Å²) in [7, 11) is 0. The van der Waals surface area contributed by atoms with Gasteiger partial charge in [0.1, 0.15) is 0 Å².